The molecule has 0 saturated carbocycles. The second kappa shape index (κ2) is 4.02. The molecule has 2 rings (SSSR count). The normalized spacial score (nSPS) is 18.6. The number of benzene rings is 1. The van der Waals surface area contributed by atoms with Crippen LogP contribution in [0.3, 0.4) is 0 Å². The van der Waals surface area contributed by atoms with Crippen LogP contribution >= 0.6 is 23.4 Å². The van der Waals surface area contributed by atoms with Crippen molar-refractivity contribution in [3.63, 3.8) is 0 Å². The highest BCUT2D eigenvalue weighted by Crippen LogP contribution is 2.20. The van der Waals surface area contributed by atoms with Gasteiger partial charge in [0.1, 0.15) is 0 Å². The Morgan fingerprint density at radius 1 is 1.50 bits per heavy atom. The summed E-state index contributed by atoms with van der Waals surface area (Å²) in [6, 6.07) is 7.19. The van der Waals surface area contributed by atoms with Gasteiger partial charge in [0.25, 0.3) is 0 Å². The number of carbonyl (C=O) groups is 1. The van der Waals surface area contributed by atoms with Crippen molar-refractivity contribution in [2.24, 2.45) is 4.99 Å². The van der Waals surface area contributed by atoms with Crippen molar-refractivity contribution in [3.8, 4) is 0 Å². The van der Waals surface area contributed by atoms with Gasteiger partial charge in [-0.25, -0.2) is 4.99 Å². The summed E-state index contributed by atoms with van der Waals surface area (Å²) in [6.07, 6.45) is 0. The van der Waals surface area contributed by atoms with E-state index < -0.39 is 0 Å². The molecule has 0 aliphatic carbocycles. The Labute approximate surface area is 90.6 Å². The molecular formula is C9H7ClN2OS. The molecule has 1 aromatic rings. The van der Waals surface area contributed by atoms with Gasteiger partial charge in [-0.1, -0.05) is 29.4 Å². The van der Waals surface area contributed by atoms with Crippen molar-refractivity contribution in [2.45, 2.75) is 0 Å². The second-order valence-electron chi connectivity index (χ2n) is 2.73. The monoisotopic (exact) mass is 226 g/mol. The van der Waals surface area contributed by atoms with Crippen LogP contribution in [0.15, 0.2) is 29.3 Å². The number of thioether (sulfide) groups is 1. The number of nitrogens with zero attached hydrogens (tertiary/aromatic N) is 1. The van der Waals surface area contributed by atoms with Crippen molar-refractivity contribution in [1.82, 2.24) is 5.32 Å². The first-order valence-electron chi connectivity index (χ1n) is 4.01. The number of amides is 1. The lowest BCUT2D eigenvalue weighted by molar-refractivity contribution is -0.116. The Morgan fingerprint density at radius 3 is 3.00 bits per heavy atom. The van der Waals surface area contributed by atoms with Gasteiger partial charge in [0.2, 0.25) is 5.91 Å². The third-order valence-electron chi connectivity index (χ3n) is 1.63. The van der Waals surface area contributed by atoms with Crippen LogP contribution in [0.1, 0.15) is 0 Å². The Balaban J connectivity index is 2.21. The van der Waals surface area contributed by atoms with E-state index in [1.807, 2.05) is 12.1 Å². The number of hydrogen-bond donors (Lipinski definition) is 1. The van der Waals surface area contributed by atoms with Crippen LogP contribution in [0.5, 0.6) is 0 Å². The molecule has 1 aromatic carbocycles. The maximum atomic E-state index is 10.9. The van der Waals surface area contributed by atoms with Crippen molar-refractivity contribution in [3.05, 3.63) is 29.3 Å². The molecule has 1 N–H and O–H groups in total. The Kier molecular flexibility index (Phi) is 2.74. The van der Waals surface area contributed by atoms with E-state index in [1.54, 1.807) is 12.1 Å². The first-order valence-corrected chi connectivity index (χ1v) is 5.37. The summed E-state index contributed by atoms with van der Waals surface area (Å²) in [6.45, 7) is 0. The smallest absolute Gasteiger partial charge is 0.236 e. The van der Waals surface area contributed by atoms with Gasteiger partial charge >= 0.3 is 0 Å². The minimum Gasteiger partial charge on any atom is -0.304 e. The van der Waals surface area contributed by atoms with Gasteiger partial charge in [-0.2, -0.15) is 0 Å². The molecule has 1 saturated heterocycles. The predicted molar refractivity (Wildman–Crippen MR) is 59.1 cm³/mol. The molecular weight excluding hydrogens is 220 g/mol. The molecule has 0 radical (unpaired) electrons. The number of nitrogens with one attached hydrogen (secondary N) is 1. The number of halogens is 1. The Bertz CT molecular complexity index is 406. The first kappa shape index (κ1) is 9.55. The summed E-state index contributed by atoms with van der Waals surface area (Å²) in [4.78, 5) is 15.1. The summed E-state index contributed by atoms with van der Waals surface area (Å²) in [7, 11) is 0. The summed E-state index contributed by atoms with van der Waals surface area (Å²) in [5.41, 5.74) is 0.752. The van der Waals surface area contributed by atoms with Gasteiger partial charge in [-0.05, 0) is 18.2 Å². The molecule has 0 spiro atoms. The fourth-order valence-electron chi connectivity index (χ4n) is 1.05. The zero-order valence-corrected chi connectivity index (χ0v) is 8.73. The van der Waals surface area contributed by atoms with Gasteiger partial charge in [-0.15, -0.1) is 0 Å². The summed E-state index contributed by atoms with van der Waals surface area (Å²) in [5.74, 6) is 0.440. The van der Waals surface area contributed by atoms with E-state index >= 15 is 0 Å². The molecule has 1 aliphatic heterocycles. The number of aliphatic imine (C=N–C) groups is 1. The zero-order chi connectivity index (χ0) is 9.97. The van der Waals surface area contributed by atoms with Gasteiger partial charge in [-0.3, -0.25) is 4.79 Å². The fourth-order valence-corrected chi connectivity index (χ4v) is 1.93. The second-order valence-corrected chi connectivity index (χ2v) is 4.13. The first-order chi connectivity index (χ1) is 6.74. The summed E-state index contributed by atoms with van der Waals surface area (Å²) < 4.78 is 0. The van der Waals surface area contributed by atoms with Crippen LogP contribution in [0.2, 0.25) is 5.02 Å². The van der Waals surface area contributed by atoms with Gasteiger partial charge in [0.05, 0.1) is 11.4 Å². The SMILES string of the molecule is O=C1CSC(=Nc2cccc(Cl)c2)N1. The van der Waals surface area contributed by atoms with Gasteiger partial charge < -0.3 is 5.32 Å². The molecule has 1 aliphatic rings. The summed E-state index contributed by atoms with van der Waals surface area (Å²) >= 11 is 7.19. The lowest BCUT2D eigenvalue weighted by atomic mass is 10.3. The molecule has 3 nitrogen and oxygen atoms in total. The average molecular weight is 227 g/mol. The minimum atomic E-state index is -0.00391. The van der Waals surface area contributed by atoms with Crippen molar-refractivity contribution in [1.29, 1.82) is 0 Å². The van der Waals surface area contributed by atoms with Crippen molar-refractivity contribution < 1.29 is 4.79 Å². The maximum Gasteiger partial charge on any atom is 0.236 e. The molecule has 1 heterocycles. The molecule has 0 bridgehead atoms. The number of rotatable bonds is 1. The van der Waals surface area contributed by atoms with E-state index in [0.29, 0.717) is 15.9 Å². The van der Waals surface area contributed by atoms with E-state index in [4.69, 9.17) is 11.6 Å². The van der Waals surface area contributed by atoms with E-state index in [-0.39, 0.29) is 5.91 Å². The van der Waals surface area contributed by atoms with E-state index in [1.165, 1.54) is 11.8 Å². The van der Waals surface area contributed by atoms with Crippen LogP contribution < -0.4 is 5.32 Å². The van der Waals surface area contributed by atoms with Crippen molar-refractivity contribution in [2.75, 3.05) is 5.75 Å². The molecule has 72 valence electrons. The topological polar surface area (TPSA) is 41.5 Å². The molecule has 0 aromatic heterocycles. The number of amidine groups is 1. The van der Waals surface area contributed by atoms with Gasteiger partial charge in [0.15, 0.2) is 5.17 Å². The maximum absolute atomic E-state index is 10.9. The van der Waals surface area contributed by atoms with Crippen LogP contribution in [0.25, 0.3) is 0 Å². The Morgan fingerprint density at radius 2 is 2.36 bits per heavy atom. The molecule has 1 fully saturated rings. The molecule has 1 amide bonds. The van der Waals surface area contributed by atoms with E-state index in [9.17, 15) is 4.79 Å². The largest absolute Gasteiger partial charge is 0.304 e. The van der Waals surface area contributed by atoms with Crippen LogP contribution in [0, 0.1) is 0 Å². The third kappa shape index (κ3) is 2.27. The molecule has 0 unspecified atom stereocenters. The Hall–Kier alpha value is -1.00. The van der Waals surface area contributed by atoms with Gasteiger partial charge in [0, 0.05) is 5.02 Å². The van der Waals surface area contributed by atoms with Crippen LogP contribution in [0.4, 0.5) is 5.69 Å². The van der Waals surface area contributed by atoms with Crippen molar-refractivity contribution >= 4 is 40.1 Å². The highest BCUT2D eigenvalue weighted by atomic mass is 35.5. The highest BCUT2D eigenvalue weighted by Gasteiger charge is 2.16. The zero-order valence-electron chi connectivity index (χ0n) is 7.16. The third-order valence-corrected chi connectivity index (χ3v) is 2.73. The standard InChI is InChI=1S/C9H7ClN2OS/c10-6-2-1-3-7(4-6)11-9-12-8(13)5-14-9/h1-4H,5H2,(H,11,12,13). The van der Waals surface area contributed by atoms with Crippen LogP contribution in [-0.2, 0) is 4.79 Å². The number of hydrogen-bond acceptors (Lipinski definition) is 3. The number of carbonyl (C=O) groups excluding carboxylic acids is 1. The van der Waals surface area contributed by atoms with Crippen LogP contribution in [-0.4, -0.2) is 16.8 Å². The average Bonchev–Trinajstić information content (AvgIpc) is 2.51. The predicted octanol–water partition coefficient (Wildman–Crippen LogP) is 2.19. The highest BCUT2D eigenvalue weighted by molar-refractivity contribution is 8.15. The lowest BCUT2D eigenvalue weighted by Crippen LogP contribution is -2.19. The molecule has 5 heteroatoms. The molecule has 0 atom stereocenters. The molecule has 14 heavy (non-hydrogen) atoms. The van der Waals surface area contributed by atoms with E-state index in [0.717, 1.165) is 5.69 Å². The van der Waals surface area contributed by atoms with E-state index in [2.05, 4.69) is 10.3 Å². The lowest BCUT2D eigenvalue weighted by Gasteiger charge is -1.96. The minimum absolute atomic E-state index is 0.00391. The fraction of sp³-hybridized carbons (Fsp3) is 0.111. The summed E-state index contributed by atoms with van der Waals surface area (Å²) in [5, 5.41) is 3.93. The quantitative estimate of drug-likeness (QED) is 0.798.